The molecule has 0 spiro atoms. The number of rotatable bonds is 7. The second-order valence-corrected chi connectivity index (χ2v) is 10.1. The van der Waals surface area contributed by atoms with Crippen LogP contribution in [0.3, 0.4) is 0 Å². The maximum atomic E-state index is 14.0. The second kappa shape index (κ2) is 11.1. The Morgan fingerprint density at radius 3 is 2.54 bits per heavy atom. The number of amides is 1. The van der Waals surface area contributed by atoms with Gasteiger partial charge in [-0.05, 0) is 62.2 Å². The van der Waals surface area contributed by atoms with Crippen LogP contribution < -0.4 is 29.7 Å². The summed E-state index contributed by atoms with van der Waals surface area (Å²) in [5, 5.41) is 2.98. The number of para-hydroxylation sites is 2. The van der Waals surface area contributed by atoms with Crippen molar-refractivity contribution in [1.29, 1.82) is 0 Å². The molecule has 39 heavy (non-hydrogen) atoms. The Morgan fingerprint density at radius 1 is 1.05 bits per heavy atom. The van der Waals surface area contributed by atoms with E-state index in [1.807, 2.05) is 92.7 Å². The summed E-state index contributed by atoms with van der Waals surface area (Å²) < 4.78 is 13.5. The summed E-state index contributed by atoms with van der Waals surface area (Å²) in [6.07, 6.45) is 1.82. The fourth-order valence-electron chi connectivity index (χ4n) is 4.68. The van der Waals surface area contributed by atoms with E-state index >= 15 is 0 Å². The van der Waals surface area contributed by atoms with Crippen LogP contribution in [0.4, 0.5) is 5.69 Å². The maximum Gasteiger partial charge on any atom is 0.271 e. The average molecular weight is 540 g/mol. The Labute approximate surface area is 230 Å². The first-order valence-corrected chi connectivity index (χ1v) is 13.5. The first kappa shape index (κ1) is 26.2. The first-order valence-electron chi connectivity index (χ1n) is 12.7. The van der Waals surface area contributed by atoms with E-state index in [9.17, 15) is 9.59 Å². The normalized spacial score (nSPS) is 15.0. The molecular weight excluding hydrogens is 510 g/mol. The van der Waals surface area contributed by atoms with Crippen LogP contribution in [0.25, 0.3) is 6.08 Å². The van der Waals surface area contributed by atoms with Gasteiger partial charge in [0.05, 0.1) is 35.6 Å². The molecule has 1 aliphatic heterocycles. The minimum atomic E-state index is -0.691. The standard InChI is InChI=1S/C31H29N3O4S/c1-5-38-24-14-10-9-11-21(24)18-26-30(36)34-28(22-16-15-19(2)25(17-22)37-4)27(20(3)32-31(34)39-26)29(35)33-23-12-7-6-8-13-23/h6-18,28H,5H2,1-4H3,(H,33,35)/b26-18-/t28-/m0/s1. The van der Waals surface area contributed by atoms with Gasteiger partial charge in [-0.3, -0.25) is 14.2 Å². The molecule has 0 fully saturated rings. The van der Waals surface area contributed by atoms with Crippen molar-refractivity contribution in [3.05, 3.63) is 120 Å². The lowest BCUT2D eigenvalue weighted by Crippen LogP contribution is -2.40. The number of carbonyl (C=O) groups excluding carboxylic acids is 1. The molecule has 0 bridgehead atoms. The molecule has 3 aromatic carbocycles. The summed E-state index contributed by atoms with van der Waals surface area (Å²) in [7, 11) is 1.61. The number of nitrogens with zero attached hydrogens (tertiary/aromatic N) is 2. The number of thiazole rings is 1. The highest BCUT2D eigenvalue weighted by Crippen LogP contribution is 2.33. The Kier molecular flexibility index (Phi) is 7.47. The molecule has 8 heteroatoms. The Morgan fingerprint density at radius 2 is 1.79 bits per heavy atom. The highest BCUT2D eigenvalue weighted by molar-refractivity contribution is 7.07. The molecule has 5 rings (SSSR count). The molecule has 1 amide bonds. The summed E-state index contributed by atoms with van der Waals surface area (Å²) >= 11 is 1.29. The molecule has 198 valence electrons. The third-order valence-electron chi connectivity index (χ3n) is 6.55. The number of fused-ring (bicyclic) bond motifs is 1. The molecular formula is C31H29N3O4S. The predicted octanol–water partition coefficient (Wildman–Crippen LogP) is 4.59. The van der Waals surface area contributed by atoms with Gasteiger partial charge in [0.2, 0.25) is 0 Å². The van der Waals surface area contributed by atoms with Gasteiger partial charge in [-0.25, -0.2) is 4.99 Å². The van der Waals surface area contributed by atoms with Crippen molar-refractivity contribution < 1.29 is 14.3 Å². The molecule has 1 aliphatic rings. The van der Waals surface area contributed by atoms with Gasteiger partial charge >= 0.3 is 0 Å². The van der Waals surface area contributed by atoms with Gasteiger partial charge < -0.3 is 14.8 Å². The van der Waals surface area contributed by atoms with Gasteiger partial charge in [-0.1, -0.05) is 59.9 Å². The fourth-order valence-corrected chi connectivity index (χ4v) is 5.72. The number of nitrogens with one attached hydrogen (secondary N) is 1. The molecule has 2 heterocycles. The zero-order valence-corrected chi connectivity index (χ0v) is 23.0. The number of carbonyl (C=O) groups is 1. The Bertz CT molecular complexity index is 1750. The van der Waals surface area contributed by atoms with E-state index in [1.54, 1.807) is 18.6 Å². The molecule has 0 radical (unpaired) electrons. The number of ether oxygens (including phenoxy) is 2. The summed E-state index contributed by atoms with van der Waals surface area (Å²) in [6.45, 7) is 6.19. The van der Waals surface area contributed by atoms with Crippen LogP contribution in [0, 0.1) is 6.92 Å². The summed E-state index contributed by atoms with van der Waals surface area (Å²) in [6, 6.07) is 21.9. The van der Waals surface area contributed by atoms with Crippen molar-refractivity contribution in [2.75, 3.05) is 19.0 Å². The lowest BCUT2D eigenvalue weighted by Gasteiger charge is -2.26. The van der Waals surface area contributed by atoms with Gasteiger partial charge in [0.15, 0.2) is 4.80 Å². The quantitative estimate of drug-likeness (QED) is 0.373. The van der Waals surface area contributed by atoms with E-state index in [0.29, 0.717) is 44.4 Å². The van der Waals surface area contributed by atoms with Crippen molar-refractivity contribution in [3.8, 4) is 11.5 Å². The number of methoxy groups -OCH3 is 1. The van der Waals surface area contributed by atoms with Crippen LogP contribution in [0.2, 0.25) is 0 Å². The maximum absolute atomic E-state index is 14.0. The lowest BCUT2D eigenvalue weighted by molar-refractivity contribution is -0.113. The van der Waals surface area contributed by atoms with E-state index in [-0.39, 0.29) is 11.5 Å². The second-order valence-electron chi connectivity index (χ2n) is 9.10. The van der Waals surface area contributed by atoms with Crippen LogP contribution in [0.5, 0.6) is 11.5 Å². The minimum absolute atomic E-state index is 0.230. The molecule has 7 nitrogen and oxygen atoms in total. The van der Waals surface area contributed by atoms with Crippen LogP contribution in [-0.4, -0.2) is 24.2 Å². The van der Waals surface area contributed by atoms with E-state index in [4.69, 9.17) is 14.5 Å². The van der Waals surface area contributed by atoms with Gasteiger partial charge in [0.25, 0.3) is 11.5 Å². The van der Waals surface area contributed by atoms with Crippen molar-refractivity contribution >= 4 is 29.0 Å². The van der Waals surface area contributed by atoms with Crippen molar-refractivity contribution in [2.45, 2.75) is 26.8 Å². The molecule has 4 aromatic rings. The molecule has 1 aromatic heterocycles. The number of aryl methyl sites for hydroxylation is 1. The lowest BCUT2D eigenvalue weighted by atomic mass is 9.94. The molecule has 0 aliphatic carbocycles. The molecule has 1 atom stereocenters. The monoisotopic (exact) mass is 539 g/mol. The number of allylic oxidation sites excluding steroid dienone is 1. The molecule has 0 saturated carbocycles. The SMILES string of the molecule is CCOc1ccccc1/C=c1\sc2n(c1=O)[C@@H](c1ccc(C)c(OC)c1)C(C(=O)Nc1ccccc1)=C(C)N=2. The fraction of sp³-hybridized carbons (Fsp3) is 0.194. The Balaban J connectivity index is 1.70. The van der Waals surface area contributed by atoms with Crippen molar-refractivity contribution in [3.63, 3.8) is 0 Å². The third-order valence-corrected chi connectivity index (χ3v) is 7.53. The van der Waals surface area contributed by atoms with Gasteiger partial charge in [0, 0.05) is 11.3 Å². The van der Waals surface area contributed by atoms with Crippen molar-refractivity contribution in [1.82, 2.24) is 4.57 Å². The smallest absolute Gasteiger partial charge is 0.271 e. The van der Waals surface area contributed by atoms with Crippen LogP contribution in [0.1, 0.15) is 36.6 Å². The zero-order valence-electron chi connectivity index (χ0n) is 22.2. The van der Waals surface area contributed by atoms with Crippen LogP contribution in [-0.2, 0) is 4.79 Å². The van der Waals surface area contributed by atoms with Crippen LogP contribution >= 0.6 is 11.3 Å². The molecule has 1 N–H and O–H groups in total. The minimum Gasteiger partial charge on any atom is -0.496 e. The number of hydrogen-bond donors (Lipinski definition) is 1. The summed E-state index contributed by atoms with van der Waals surface area (Å²) in [4.78, 5) is 33.0. The summed E-state index contributed by atoms with van der Waals surface area (Å²) in [5.41, 5.74) is 3.90. The summed E-state index contributed by atoms with van der Waals surface area (Å²) in [5.74, 6) is 1.06. The topological polar surface area (TPSA) is 81.9 Å². The third kappa shape index (κ3) is 5.15. The van der Waals surface area contributed by atoms with Crippen LogP contribution in [0.15, 0.2) is 93.9 Å². The Hall–Kier alpha value is -4.43. The van der Waals surface area contributed by atoms with Crippen molar-refractivity contribution in [2.24, 2.45) is 4.99 Å². The van der Waals surface area contributed by atoms with Gasteiger partial charge in [0.1, 0.15) is 11.5 Å². The zero-order chi connectivity index (χ0) is 27.5. The van der Waals surface area contributed by atoms with E-state index in [0.717, 1.165) is 16.7 Å². The number of aromatic nitrogens is 1. The highest BCUT2D eigenvalue weighted by atomic mass is 32.1. The number of hydrogen-bond acceptors (Lipinski definition) is 6. The largest absolute Gasteiger partial charge is 0.496 e. The number of anilines is 1. The van der Waals surface area contributed by atoms with E-state index < -0.39 is 6.04 Å². The molecule has 0 unspecified atom stereocenters. The van der Waals surface area contributed by atoms with Gasteiger partial charge in [-0.15, -0.1) is 0 Å². The average Bonchev–Trinajstić information content (AvgIpc) is 3.24. The molecule has 0 saturated heterocycles. The van der Waals surface area contributed by atoms with E-state index in [2.05, 4.69) is 5.32 Å². The van der Waals surface area contributed by atoms with E-state index in [1.165, 1.54) is 11.3 Å². The van der Waals surface area contributed by atoms with Gasteiger partial charge in [-0.2, -0.15) is 0 Å². The number of benzene rings is 3. The first-order chi connectivity index (χ1) is 18.9. The predicted molar refractivity (Wildman–Crippen MR) is 154 cm³/mol. The highest BCUT2D eigenvalue weighted by Gasteiger charge is 2.33.